The van der Waals surface area contributed by atoms with Crippen molar-refractivity contribution in [3.63, 3.8) is 0 Å². The highest BCUT2D eigenvalue weighted by Crippen LogP contribution is 2.39. The minimum atomic E-state index is -1.79. The Morgan fingerprint density at radius 3 is 2.39 bits per heavy atom. The lowest BCUT2D eigenvalue weighted by molar-refractivity contribution is -0.384. The Morgan fingerprint density at radius 1 is 1.19 bits per heavy atom. The number of aliphatic carboxylic acids is 1. The van der Waals surface area contributed by atoms with E-state index in [2.05, 4.69) is 0 Å². The quantitative estimate of drug-likeness (QED) is 0.254. The number of ketones is 2. The highest BCUT2D eigenvalue weighted by Gasteiger charge is 2.38. The van der Waals surface area contributed by atoms with Crippen molar-refractivity contribution in [2.75, 3.05) is 18.0 Å². The first kappa shape index (κ1) is 24.0. The van der Waals surface area contributed by atoms with Gasteiger partial charge in [-0.05, 0) is 38.7 Å². The fourth-order valence-corrected chi connectivity index (χ4v) is 3.50. The van der Waals surface area contributed by atoms with E-state index in [1.54, 1.807) is 19.9 Å². The lowest BCUT2D eigenvalue weighted by Gasteiger charge is -2.29. The van der Waals surface area contributed by atoms with E-state index < -0.39 is 52.6 Å². The number of hydrogen-bond acceptors (Lipinski definition) is 8. The number of piperidine rings is 1. The van der Waals surface area contributed by atoms with Crippen LogP contribution in [0.3, 0.4) is 0 Å². The number of carboxylic acid groups (broad SMARTS) is 1. The second-order valence-corrected chi connectivity index (χ2v) is 7.49. The normalized spacial score (nSPS) is 15.6. The Bertz CT molecular complexity index is 876. The summed E-state index contributed by atoms with van der Waals surface area (Å²) in [6.45, 7) is 4.49. The number of benzene rings is 1. The average molecular weight is 434 g/mol. The molecule has 0 saturated carbocycles. The Hall–Kier alpha value is -3.30. The van der Waals surface area contributed by atoms with E-state index in [1.165, 1.54) is 12.1 Å². The van der Waals surface area contributed by atoms with Crippen molar-refractivity contribution >= 4 is 34.9 Å². The molecule has 1 aliphatic heterocycles. The fourth-order valence-electron chi connectivity index (χ4n) is 3.50. The van der Waals surface area contributed by atoms with Crippen LogP contribution >= 0.6 is 0 Å². The number of para-hydroxylation sites is 1. The number of anilines is 1. The number of esters is 1. The third kappa shape index (κ3) is 5.87. The molecule has 10 heteroatoms. The monoisotopic (exact) mass is 434 g/mol. The number of hydrogen-bond donors (Lipinski definition) is 1. The van der Waals surface area contributed by atoms with E-state index in [-0.39, 0.29) is 11.3 Å². The molecule has 2 rings (SSSR count). The summed E-state index contributed by atoms with van der Waals surface area (Å²) in [6, 6.07) is 4.32. The number of carbonyl (C=O) groups is 4. The molecule has 1 aromatic rings. The van der Waals surface area contributed by atoms with Gasteiger partial charge in [-0.3, -0.25) is 19.7 Å². The van der Waals surface area contributed by atoms with Crippen LogP contribution in [0.15, 0.2) is 18.2 Å². The Morgan fingerprint density at radius 2 is 1.84 bits per heavy atom. The van der Waals surface area contributed by atoms with Crippen molar-refractivity contribution in [1.82, 2.24) is 0 Å². The molecule has 0 radical (unpaired) electrons. The molecule has 2 atom stereocenters. The zero-order chi connectivity index (χ0) is 23.1. The predicted octanol–water partition coefficient (Wildman–Crippen LogP) is 2.62. The van der Waals surface area contributed by atoms with E-state index in [1.807, 2.05) is 4.90 Å². The van der Waals surface area contributed by atoms with Crippen LogP contribution in [0.25, 0.3) is 0 Å². The topological polar surface area (TPSA) is 144 Å². The van der Waals surface area contributed by atoms with Gasteiger partial charge in [0.25, 0.3) is 5.69 Å². The third-order valence-corrected chi connectivity index (χ3v) is 5.33. The van der Waals surface area contributed by atoms with Crippen molar-refractivity contribution in [2.24, 2.45) is 0 Å². The number of carbonyl (C=O) groups excluding carboxylic acids is 3. The summed E-state index contributed by atoms with van der Waals surface area (Å²) >= 11 is 0. The molecular formula is C21H26N2O8. The van der Waals surface area contributed by atoms with E-state index in [4.69, 9.17) is 9.84 Å². The minimum absolute atomic E-state index is 0.172. The lowest BCUT2D eigenvalue weighted by atomic mass is 9.87. The molecular weight excluding hydrogens is 408 g/mol. The second-order valence-electron chi connectivity index (χ2n) is 7.49. The van der Waals surface area contributed by atoms with Gasteiger partial charge in [0.05, 0.1) is 16.9 Å². The fraction of sp³-hybridized carbons (Fsp3) is 0.524. The van der Waals surface area contributed by atoms with Gasteiger partial charge in [-0.2, -0.15) is 0 Å². The lowest BCUT2D eigenvalue weighted by Crippen LogP contribution is -2.32. The molecule has 0 amide bonds. The molecule has 0 aromatic heterocycles. The van der Waals surface area contributed by atoms with Crippen molar-refractivity contribution in [2.45, 2.75) is 58.0 Å². The molecule has 31 heavy (non-hydrogen) atoms. The van der Waals surface area contributed by atoms with Gasteiger partial charge in [0.15, 0.2) is 0 Å². The number of ether oxygens (including phenoxy) is 1. The molecule has 1 fully saturated rings. The van der Waals surface area contributed by atoms with Crippen molar-refractivity contribution in [1.29, 1.82) is 0 Å². The van der Waals surface area contributed by atoms with Crippen LogP contribution < -0.4 is 4.90 Å². The van der Waals surface area contributed by atoms with Gasteiger partial charge >= 0.3 is 11.9 Å². The number of nitro benzene ring substituents is 1. The first-order chi connectivity index (χ1) is 14.7. The van der Waals surface area contributed by atoms with Crippen molar-refractivity contribution in [3.8, 4) is 0 Å². The molecule has 0 aliphatic carbocycles. The summed E-state index contributed by atoms with van der Waals surface area (Å²) in [7, 11) is 0. The summed E-state index contributed by atoms with van der Waals surface area (Å²) in [5.41, 5.74) is -0.302. The van der Waals surface area contributed by atoms with Gasteiger partial charge in [-0.1, -0.05) is 19.1 Å². The maximum Gasteiger partial charge on any atom is 0.375 e. The molecule has 1 aromatic carbocycles. The van der Waals surface area contributed by atoms with Crippen LogP contribution in [0, 0.1) is 10.1 Å². The molecule has 0 spiro atoms. The summed E-state index contributed by atoms with van der Waals surface area (Å²) < 4.78 is 5.03. The van der Waals surface area contributed by atoms with Crippen LogP contribution in [-0.4, -0.2) is 52.7 Å². The smallest absolute Gasteiger partial charge is 0.375 e. The average Bonchev–Trinajstić information content (AvgIpc) is 2.76. The standard InChI is InChI=1S/C21H26N2O8/c1-3-13(2)31-21(28)19(25)15(12-17(24)20(26)27)14-8-7-9-16(18(14)23(29)30)22-10-5-4-6-11-22/h7-9,13,15H,3-6,10-12H2,1-2H3,(H,26,27). The number of carboxylic acids is 1. The first-order valence-electron chi connectivity index (χ1n) is 10.2. The largest absolute Gasteiger partial charge is 0.476 e. The highest BCUT2D eigenvalue weighted by atomic mass is 16.6. The van der Waals surface area contributed by atoms with Gasteiger partial charge in [0.1, 0.15) is 5.69 Å². The molecule has 2 unspecified atom stereocenters. The Kier molecular flexibility index (Phi) is 8.23. The van der Waals surface area contributed by atoms with Gasteiger partial charge in [0, 0.05) is 25.1 Å². The highest BCUT2D eigenvalue weighted by molar-refractivity contribution is 6.39. The second kappa shape index (κ2) is 10.6. The molecule has 1 N–H and O–H groups in total. The SMILES string of the molecule is CCC(C)OC(=O)C(=O)C(CC(=O)C(=O)O)c1cccc(N2CCCCC2)c1[N+](=O)[O-]. The first-order valence-corrected chi connectivity index (χ1v) is 10.2. The molecule has 1 heterocycles. The van der Waals surface area contributed by atoms with E-state index in [0.717, 1.165) is 19.3 Å². The predicted molar refractivity (Wildman–Crippen MR) is 110 cm³/mol. The maximum atomic E-state index is 12.9. The van der Waals surface area contributed by atoms with Crippen LogP contribution in [0.1, 0.15) is 57.4 Å². The minimum Gasteiger partial charge on any atom is -0.476 e. The van der Waals surface area contributed by atoms with E-state index in [0.29, 0.717) is 19.5 Å². The zero-order valence-corrected chi connectivity index (χ0v) is 17.5. The molecule has 168 valence electrons. The number of nitro groups is 1. The summed E-state index contributed by atoms with van der Waals surface area (Å²) in [4.78, 5) is 61.3. The third-order valence-electron chi connectivity index (χ3n) is 5.33. The maximum absolute atomic E-state index is 12.9. The van der Waals surface area contributed by atoms with Crippen LogP contribution in [0.5, 0.6) is 0 Å². The van der Waals surface area contributed by atoms with Gasteiger partial charge in [-0.25, -0.2) is 9.59 Å². The molecule has 1 saturated heterocycles. The van der Waals surface area contributed by atoms with E-state index in [9.17, 15) is 29.3 Å². The number of rotatable bonds is 10. The summed E-state index contributed by atoms with van der Waals surface area (Å²) in [5, 5.41) is 21.0. The van der Waals surface area contributed by atoms with Gasteiger partial charge in [-0.15, -0.1) is 0 Å². The number of nitrogens with zero attached hydrogens (tertiary/aromatic N) is 2. The zero-order valence-electron chi connectivity index (χ0n) is 17.5. The summed E-state index contributed by atoms with van der Waals surface area (Å²) in [6.07, 6.45) is 1.67. The van der Waals surface area contributed by atoms with Crippen LogP contribution in [0.2, 0.25) is 0 Å². The van der Waals surface area contributed by atoms with Crippen molar-refractivity contribution < 1.29 is 33.9 Å². The molecule has 1 aliphatic rings. The molecule has 10 nitrogen and oxygen atoms in total. The Balaban J connectivity index is 2.54. The van der Waals surface area contributed by atoms with Crippen LogP contribution in [-0.2, 0) is 23.9 Å². The van der Waals surface area contributed by atoms with Gasteiger partial charge in [0.2, 0.25) is 11.6 Å². The number of Topliss-reactive ketones (excluding diaryl/α,β-unsaturated/α-hetero) is 2. The van der Waals surface area contributed by atoms with Crippen molar-refractivity contribution in [3.05, 3.63) is 33.9 Å². The molecule has 0 bridgehead atoms. The summed E-state index contributed by atoms with van der Waals surface area (Å²) in [5.74, 6) is -7.19. The van der Waals surface area contributed by atoms with Gasteiger partial charge < -0.3 is 14.7 Å². The Labute approximate surface area is 179 Å². The van der Waals surface area contributed by atoms with Crippen LogP contribution in [0.4, 0.5) is 11.4 Å². The van der Waals surface area contributed by atoms with E-state index >= 15 is 0 Å².